The van der Waals surface area contributed by atoms with Crippen molar-refractivity contribution in [2.45, 2.75) is 17.1 Å². The molecule has 1 aliphatic rings. The molecule has 0 unspecified atom stereocenters. The second-order valence-electron chi connectivity index (χ2n) is 4.52. The number of sulfonamides is 1. The van der Waals surface area contributed by atoms with Gasteiger partial charge in [0.25, 0.3) is 10.0 Å². The molecule has 1 saturated heterocycles. The van der Waals surface area contributed by atoms with E-state index < -0.39 is 10.0 Å². The molecule has 1 aliphatic heterocycles. The van der Waals surface area contributed by atoms with Gasteiger partial charge < -0.3 is 5.32 Å². The van der Waals surface area contributed by atoms with Gasteiger partial charge in [-0.3, -0.25) is 4.79 Å². The third kappa shape index (κ3) is 2.85. The molecule has 1 aromatic heterocycles. The Morgan fingerprint density at radius 1 is 1.45 bits per heavy atom. The Balaban J connectivity index is 2.09. The molecule has 108 valence electrons. The fourth-order valence-electron chi connectivity index (χ4n) is 2.21. The number of nitrogens with zero attached hydrogens (tertiary/aromatic N) is 2. The summed E-state index contributed by atoms with van der Waals surface area (Å²) in [6.45, 7) is 0.667. The van der Waals surface area contributed by atoms with E-state index in [-0.39, 0.29) is 16.0 Å². The van der Waals surface area contributed by atoms with Crippen LogP contribution in [0.5, 0.6) is 0 Å². The summed E-state index contributed by atoms with van der Waals surface area (Å²) < 4.78 is 26.4. The Bertz CT molecular complexity index is 637. The largest absolute Gasteiger partial charge is 0.359 e. The summed E-state index contributed by atoms with van der Waals surface area (Å²) in [6.07, 6.45) is 1.05. The van der Waals surface area contributed by atoms with E-state index in [1.54, 1.807) is 7.05 Å². The highest BCUT2D eigenvalue weighted by atomic mass is 32.2. The molecule has 8 heteroatoms. The van der Waals surface area contributed by atoms with Gasteiger partial charge in [0.05, 0.1) is 0 Å². The highest BCUT2D eigenvalue weighted by Gasteiger charge is 2.32. The molecule has 1 aromatic rings. The summed E-state index contributed by atoms with van der Waals surface area (Å²) >= 11 is 0.975. The predicted molar refractivity (Wildman–Crippen MR) is 74.6 cm³/mol. The van der Waals surface area contributed by atoms with Gasteiger partial charge in [-0.25, -0.2) is 8.42 Å². The third-order valence-electron chi connectivity index (χ3n) is 3.36. The van der Waals surface area contributed by atoms with Crippen molar-refractivity contribution in [2.75, 3.05) is 20.1 Å². The minimum absolute atomic E-state index is 0.0371. The van der Waals surface area contributed by atoms with E-state index in [1.807, 2.05) is 6.07 Å². The smallest absolute Gasteiger partial charge is 0.252 e. The van der Waals surface area contributed by atoms with Crippen LogP contribution in [0.1, 0.15) is 17.7 Å². The summed E-state index contributed by atoms with van der Waals surface area (Å²) in [5.41, 5.74) is 0. The summed E-state index contributed by atoms with van der Waals surface area (Å²) in [5, 5.41) is 11.3. The molecule has 1 amide bonds. The van der Waals surface area contributed by atoms with Crippen LogP contribution in [0.25, 0.3) is 0 Å². The lowest BCUT2D eigenvalue weighted by atomic mass is 9.97. The number of rotatable bonds is 3. The third-order valence-corrected chi connectivity index (χ3v) is 6.71. The first-order chi connectivity index (χ1) is 9.48. The van der Waals surface area contributed by atoms with E-state index in [0.29, 0.717) is 30.8 Å². The van der Waals surface area contributed by atoms with Gasteiger partial charge >= 0.3 is 0 Å². The molecule has 0 saturated carbocycles. The van der Waals surface area contributed by atoms with Gasteiger partial charge in [0, 0.05) is 26.1 Å². The maximum atomic E-state index is 12.4. The van der Waals surface area contributed by atoms with E-state index in [1.165, 1.54) is 16.4 Å². The number of thiophene rings is 1. The first-order valence-electron chi connectivity index (χ1n) is 6.20. The van der Waals surface area contributed by atoms with Crippen molar-refractivity contribution in [3.05, 3.63) is 17.0 Å². The van der Waals surface area contributed by atoms with Gasteiger partial charge in [0.2, 0.25) is 5.91 Å². The number of piperidine rings is 1. The second kappa shape index (κ2) is 5.91. The number of nitriles is 1. The van der Waals surface area contributed by atoms with Gasteiger partial charge in [-0.05, 0) is 25.0 Å². The second-order valence-corrected chi connectivity index (χ2v) is 7.77. The van der Waals surface area contributed by atoms with Crippen LogP contribution in [-0.2, 0) is 14.8 Å². The summed E-state index contributed by atoms with van der Waals surface area (Å²) in [5.74, 6) is -0.158. The molecule has 0 aliphatic carbocycles. The lowest BCUT2D eigenvalue weighted by Crippen LogP contribution is -2.42. The van der Waals surface area contributed by atoms with Crippen LogP contribution in [0.4, 0.5) is 0 Å². The van der Waals surface area contributed by atoms with Crippen LogP contribution < -0.4 is 5.32 Å². The Morgan fingerprint density at radius 3 is 2.60 bits per heavy atom. The number of carbonyl (C=O) groups is 1. The Hall–Kier alpha value is -1.43. The number of amides is 1. The topological polar surface area (TPSA) is 90.3 Å². The number of hydrogen-bond acceptors (Lipinski definition) is 5. The van der Waals surface area contributed by atoms with Crippen LogP contribution in [0.2, 0.25) is 0 Å². The van der Waals surface area contributed by atoms with Crippen LogP contribution in [0.15, 0.2) is 16.3 Å². The quantitative estimate of drug-likeness (QED) is 0.892. The molecule has 20 heavy (non-hydrogen) atoms. The van der Waals surface area contributed by atoms with Gasteiger partial charge in [-0.15, -0.1) is 11.3 Å². The van der Waals surface area contributed by atoms with Crippen LogP contribution in [0, 0.1) is 17.2 Å². The van der Waals surface area contributed by atoms with E-state index in [2.05, 4.69) is 5.32 Å². The lowest BCUT2D eigenvalue weighted by Gasteiger charge is -2.29. The maximum absolute atomic E-state index is 12.4. The van der Waals surface area contributed by atoms with E-state index in [0.717, 1.165) is 11.3 Å². The zero-order valence-corrected chi connectivity index (χ0v) is 12.6. The summed E-state index contributed by atoms with van der Waals surface area (Å²) in [7, 11) is -1.95. The molecule has 2 rings (SSSR count). The molecule has 0 atom stereocenters. The molecule has 6 nitrogen and oxygen atoms in total. The normalized spacial score (nSPS) is 17.6. The van der Waals surface area contributed by atoms with Crippen LogP contribution in [-0.4, -0.2) is 38.8 Å². The highest BCUT2D eigenvalue weighted by Crippen LogP contribution is 2.28. The van der Waals surface area contributed by atoms with Crippen LogP contribution in [0.3, 0.4) is 0 Å². The van der Waals surface area contributed by atoms with Crippen molar-refractivity contribution < 1.29 is 13.2 Å². The van der Waals surface area contributed by atoms with E-state index in [9.17, 15) is 13.2 Å². The van der Waals surface area contributed by atoms with E-state index in [4.69, 9.17) is 5.26 Å². The summed E-state index contributed by atoms with van der Waals surface area (Å²) in [6, 6.07) is 4.91. The highest BCUT2D eigenvalue weighted by molar-refractivity contribution is 7.91. The molecule has 0 spiro atoms. The Kier molecular flexibility index (Phi) is 4.42. The first kappa shape index (κ1) is 15.0. The van der Waals surface area contributed by atoms with Gasteiger partial charge in [-0.1, -0.05) is 0 Å². The Labute approximate surface area is 122 Å². The number of nitrogens with one attached hydrogen (secondary N) is 1. The summed E-state index contributed by atoms with van der Waals surface area (Å²) in [4.78, 5) is 11.9. The van der Waals surface area contributed by atoms with Gasteiger partial charge in [0.15, 0.2) is 0 Å². The van der Waals surface area contributed by atoms with Gasteiger partial charge in [-0.2, -0.15) is 9.57 Å². The molecule has 0 radical (unpaired) electrons. The average molecular weight is 313 g/mol. The Morgan fingerprint density at radius 2 is 2.10 bits per heavy atom. The SMILES string of the molecule is CNC(=O)C1CCN(S(=O)(=O)c2ccc(C#N)s2)CC1. The first-order valence-corrected chi connectivity index (χ1v) is 8.46. The molecular formula is C12H15N3O3S2. The van der Waals surface area contributed by atoms with Gasteiger partial charge in [0.1, 0.15) is 15.2 Å². The zero-order chi connectivity index (χ0) is 14.8. The fraction of sp³-hybridized carbons (Fsp3) is 0.500. The monoisotopic (exact) mass is 313 g/mol. The molecule has 2 heterocycles. The number of hydrogen-bond donors (Lipinski definition) is 1. The van der Waals surface area contributed by atoms with E-state index >= 15 is 0 Å². The van der Waals surface area contributed by atoms with Crippen molar-refractivity contribution in [1.29, 1.82) is 5.26 Å². The van der Waals surface area contributed by atoms with Crippen molar-refractivity contribution in [3.8, 4) is 6.07 Å². The minimum atomic E-state index is -3.54. The van der Waals surface area contributed by atoms with Crippen molar-refractivity contribution in [2.24, 2.45) is 5.92 Å². The molecule has 1 fully saturated rings. The molecular weight excluding hydrogens is 298 g/mol. The lowest BCUT2D eigenvalue weighted by molar-refractivity contribution is -0.125. The maximum Gasteiger partial charge on any atom is 0.252 e. The predicted octanol–water partition coefficient (Wildman–Crippen LogP) is 0.766. The van der Waals surface area contributed by atoms with Crippen molar-refractivity contribution >= 4 is 27.3 Å². The molecule has 1 N–H and O–H groups in total. The minimum Gasteiger partial charge on any atom is -0.359 e. The number of carbonyl (C=O) groups excluding carboxylic acids is 1. The molecule has 0 aromatic carbocycles. The fourth-order valence-corrected chi connectivity index (χ4v) is 4.94. The average Bonchev–Trinajstić information content (AvgIpc) is 2.96. The zero-order valence-electron chi connectivity index (χ0n) is 11.0. The van der Waals surface area contributed by atoms with Crippen molar-refractivity contribution in [1.82, 2.24) is 9.62 Å². The molecule has 0 bridgehead atoms. The van der Waals surface area contributed by atoms with Crippen molar-refractivity contribution in [3.63, 3.8) is 0 Å². The standard InChI is InChI=1S/C12H15N3O3S2/c1-14-12(16)9-4-6-15(7-5-9)20(17,18)11-3-2-10(8-13)19-11/h2-3,9H,4-7H2,1H3,(H,14,16). The van der Waals surface area contributed by atoms with Crippen LogP contribution >= 0.6 is 11.3 Å².